The van der Waals surface area contributed by atoms with Crippen LogP contribution in [0, 0.1) is 0 Å². The molecule has 1 amide bonds. The van der Waals surface area contributed by atoms with Crippen LogP contribution in [0.1, 0.15) is 37.7 Å². The Labute approximate surface area is 157 Å². The Morgan fingerprint density at radius 2 is 1.92 bits per heavy atom. The number of likely N-dealkylation sites (tertiary alicyclic amines) is 2. The Hall–Kier alpha value is -1.43. The molecule has 1 unspecified atom stereocenters. The second-order valence-electron chi connectivity index (χ2n) is 7.97. The molecule has 1 atom stereocenters. The van der Waals surface area contributed by atoms with Crippen LogP contribution in [0.2, 0.25) is 0 Å². The monoisotopic (exact) mass is 359 g/mol. The fourth-order valence-corrected chi connectivity index (χ4v) is 4.09. The van der Waals surface area contributed by atoms with E-state index in [-0.39, 0.29) is 5.91 Å². The van der Waals surface area contributed by atoms with Crippen LogP contribution in [0.4, 0.5) is 0 Å². The smallest absolute Gasteiger partial charge is 0.255 e. The van der Waals surface area contributed by atoms with Crippen molar-refractivity contribution in [3.8, 4) is 0 Å². The van der Waals surface area contributed by atoms with E-state index < -0.39 is 5.60 Å². The molecule has 0 spiro atoms. The third-order valence-corrected chi connectivity index (χ3v) is 5.84. The van der Waals surface area contributed by atoms with Crippen molar-refractivity contribution >= 4 is 5.91 Å². The number of piperidine rings is 2. The lowest BCUT2D eigenvalue weighted by Crippen LogP contribution is -2.59. The number of hydrogen-bond acceptors (Lipinski definition) is 4. The maximum atomic E-state index is 12.8. The van der Waals surface area contributed by atoms with Crippen LogP contribution >= 0.6 is 0 Å². The lowest BCUT2D eigenvalue weighted by atomic mass is 9.90. The van der Waals surface area contributed by atoms with Crippen LogP contribution < -0.4 is 5.32 Å². The number of aliphatic hydroxyl groups is 1. The molecule has 1 aromatic carbocycles. The summed E-state index contributed by atoms with van der Waals surface area (Å²) in [6.45, 7) is 4.04. The van der Waals surface area contributed by atoms with E-state index in [1.54, 1.807) is 0 Å². The normalized spacial score (nSPS) is 25.6. The number of amides is 1. The first-order chi connectivity index (χ1) is 12.6. The van der Waals surface area contributed by atoms with E-state index in [0.717, 1.165) is 58.3 Å². The first kappa shape index (κ1) is 19.3. The molecule has 2 aliphatic rings. The summed E-state index contributed by atoms with van der Waals surface area (Å²) < 4.78 is 0. The third-order valence-electron chi connectivity index (χ3n) is 5.84. The molecule has 2 aliphatic heterocycles. The van der Waals surface area contributed by atoms with Crippen LogP contribution in [-0.4, -0.2) is 72.2 Å². The Bertz CT molecular complexity index is 572. The van der Waals surface area contributed by atoms with Gasteiger partial charge < -0.3 is 20.2 Å². The summed E-state index contributed by atoms with van der Waals surface area (Å²) in [6.07, 6.45) is 5.53. The van der Waals surface area contributed by atoms with Crippen molar-refractivity contribution < 1.29 is 9.90 Å². The van der Waals surface area contributed by atoms with Gasteiger partial charge in [0, 0.05) is 25.7 Å². The molecule has 0 aromatic heterocycles. The largest absolute Gasteiger partial charge is 0.379 e. The van der Waals surface area contributed by atoms with Gasteiger partial charge in [0.15, 0.2) is 5.60 Å². The van der Waals surface area contributed by atoms with Crippen LogP contribution in [0.3, 0.4) is 0 Å². The fourth-order valence-electron chi connectivity index (χ4n) is 4.09. The van der Waals surface area contributed by atoms with Gasteiger partial charge in [0.25, 0.3) is 5.91 Å². The number of hydrogen-bond donors (Lipinski definition) is 2. The van der Waals surface area contributed by atoms with E-state index in [9.17, 15) is 9.90 Å². The van der Waals surface area contributed by atoms with E-state index in [1.807, 2.05) is 11.0 Å². The molecule has 0 aliphatic carbocycles. The van der Waals surface area contributed by atoms with Crippen LogP contribution in [0.25, 0.3) is 0 Å². The molecule has 5 nitrogen and oxygen atoms in total. The molecule has 26 heavy (non-hydrogen) atoms. The number of aryl methyl sites for hydroxylation is 1. The van der Waals surface area contributed by atoms with Gasteiger partial charge in [-0.1, -0.05) is 30.3 Å². The SMILES string of the molecule is CN1CCC(NCC2(O)CCCN(CCCc3ccccc3)C2=O)CC1. The number of nitrogens with zero attached hydrogens (tertiary/aromatic N) is 2. The molecule has 0 saturated carbocycles. The van der Waals surface area contributed by atoms with Gasteiger partial charge in [0.2, 0.25) is 0 Å². The van der Waals surface area contributed by atoms with Gasteiger partial charge in [0.05, 0.1) is 0 Å². The van der Waals surface area contributed by atoms with Gasteiger partial charge in [-0.15, -0.1) is 0 Å². The topological polar surface area (TPSA) is 55.8 Å². The highest BCUT2D eigenvalue weighted by atomic mass is 16.3. The maximum Gasteiger partial charge on any atom is 0.255 e. The van der Waals surface area contributed by atoms with Gasteiger partial charge in [-0.25, -0.2) is 0 Å². The summed E-state index contributed by atoms with van der Waals surface area (Å²) in [6, 6.07) is 10.8. The quantitative estimate of drug-likeness (QED) is 0.777. The molecule has 2 fully saturated rings. The summed E-state index contributed by atoms with van der Waals surface area (Å²) in [5.41, 5.74) is 0.0742. The summed E-state index contributed by atoms with van der Waals surface area (Å²) in [5.74, 6) is -0.0859. The molecule has 5 heteroatoms. The lowest BCUT2D eigenvalue weighted by Gasteiger charge is -2.40. The van der Waals surface area contributed by atoms with Crippen molar-refractivity contribution in [2.75, 3.05) is 39.8 Å². The molecular formula is C21H33N3O2. The molecule has 0 radical (unpaired) electrons. The number of rotatable bonds is 7. The molecule has 2 N–H and O–H groups in total. The van der Waals surface area contributed by atoms with Crippen molar-refractivity contribution in [3.05, 3.63) is 35.9 Å². The zero-order chi connectivity index (χ0) is 18.4. The first-order valence-corrected chi connectivity index (χ1v) is 10.0. The zero-order valence-corrected chi connectivity index (χ0v) is 16.0. The summed E-state index contributed by atoms with van der Waals surface area (Å²) in [4.78, 5) is 17.0. The van der Waals surface area contributed by atoms with Crippen molar-refractivity contribution in [3.63, 3.8) is 0 Å². The average Bonchev–Trinajstić information content (AvgIpc) is 2.66. The van der Waals surface area contributed by atoms with E-state index in [0.29, 0.717) is 19.0 Å². The van der Waals surface area contributed by atoms with E-state index in [1.165, 1.54) is 5.56 Å². The summed E-state index contributed by atoms with van der Waals surface area (Å²) >= 11 is 0. The van der Waals surface area contributed by atoms with E-state index >= 15 is 0 Å². The van der Waals surface area contributed by atoms with Gasteiger partial charge in [-0.05, 0) is 64.2 Å². The number of carbonyl (C=O) groups is 1. The highest BCUT2D eigenvalue weighted by molar-refractivity contribution is 5.86. The Kier molecular flexibility index (Phi) is 6.68. The van der Waals surface area contributed by atoms with Crippen LogP contribution in [0.15, 0.2) is 30.3 Å². The summed E-state index contributed by atoms with van der Waals surface area (Å²) in [5, 5.41) is 14.4. The number of benzene rings is 1. The summed E-state index contributed by atoms with van der Waals surface area (Å²) in [7, 11) is 2.14. The van der Waals surface area contributed by atoms with Gasteiger partial charge in [0.1, 0.15) is 0 Å². The van der Waals surface area contributed by atoms with Crippen molar-refractivity contribution in [1.29, 1.82) is 0 Å². The first-order valence-electron chi connectivity index (χ1n) is 10.0. The second-order valence-corrected chi connectivity index (χ2v) is 7.97. The average molecular weight is 360 g/mol. The lowest BCUT2D eigenvalue weighted by molar-refractivity contribution is -0.156. The Morgan fingerprint density at radius 1 is 1.19 bits per heavy atom. The van der Waals surface area contributed by atoms with Crippen molar-refractivity contribution in [2.24, 2.45) is 0 Å². The number of nitrogens with one attached hydrogen (secondary N) is 1. The number of carbonyl (C=O) groups excluding carboxylic acids is 1. The Balaban J connectivity index is 1.46. The molecular weight excluding hydrogens is 326 g/mol. The second kappa shape index (κ2) is 8.98. The van der Waals surface area contributed by atoms with Crippen LogP contribution in [-0.2, 0) is 11.2 Å². The molecule has 2 heterocycles. The molecule has 144 valence electrons. The minimum atomic E-state index is -1.23. The Morgan fingerprint density at radius 3 is 2.65 bits per heavy atom. The highest BCUT2D eigenvalue weighted by Gasteiger charge is 2.42. The van der Waals surface area contributed by atoms with Gasteiger partial charge >= 0.3 is 0 Å². The molecule has 0 bridgehead atoms. The van der Waals surface area contributed by atoms with Crippen LogP contribution in [0.5, 0.6) is 0 Å². The predicted molar refractivity (Wildman–Crippen MR) is 104 cm³/mol. The maximum absolute atomic E-state index is 12.8. The standard InChI is InChI=1S/C21H33N3O2/c1-23-15-10-19(11-16-23)22-17-21(26)12-6-14-24(20(21)25)13-5-9-18-7-3-2-4-8-18/h2-4,7-8,19,22,26H,5-6,9-17H2,1H3. The molecule has 2 saturated heterocycles. The van der Waals surface area contributed by atoms with Crippen molar-refractivity contribution in [1.82, 2.24) is 15.1 Å². The highest BCUT2D eigenvalue weighted by Crippen LogP contribution is 2.23. The molecule has 1 aromatic rings. The van der Waals surface area contributed by atoms with E-state index in [2.05, 4.69) is 41.5 Å². The minimum absolute atomic E-state index is 0.0859. The zero-order valence-electron chi connectivity index (χ0n) is 16.0. The van der Waals surface area contributed by atoms with E-state index in [4.69, 9.17) is 0 Å². The predicted octanol–water partition coefficient (Wildman–Crippen LogP) is 1.66. The van der Waals surface area contributed by atoms with Gasteiger partial charge in [-0.2, -0.15) is 0 Å². The molecule has 3 rings (SSSR count). The fraction of sp³-hybridized carbons (Fsp3) is 0.667. The van der Waals surface area contributed by atoms with Gasteiger partial charge in [-0.3, -0.25) is 4.79 Å². The third kappa shape index (κ3) is 5.06. The minimum Gasteiger partial charge on any atom is -0.379 e. The van der Waals surface area contributed by atoms with Crippen molar-refractivity contribution in [2.45, 2.75) is 50.2 Å².